The van der Waals surface area contributed by atoms with Crippen LogP contribution in [0.25, 0.3) is 21.9 Å². The summed E-state index contributed by atoms with van der Waals surface area (Å²) in [6, 6.07) is 9.72. The van der Waals surface area contributed by atoms with Crippen molar-refractivity contribution in [2.45, 2.75) is 44.6 Å². The fourth-order valence-corrected chi connectivity index (χ4v) is 8.17. The lowest BCUT2D eigenvalue weighted by Crippen LogP contribution is -2.47. The van der Waals surface area contributed by atoms with Gasteiger partial charge in [-0.3, -0.25) is 29.5 Å². The number of fused-ring (bicyclic) bond motifs is 1. The predicted molar refractivity (Wildman–Crippen MR) is 194 cm³/mol. The quantitative estimate of drug-likeness (QED) is 0.244. The molecule has 0 saturated carbocycles. The number of imide groups is 1. The topological polar surface area (TPSA) is 126 Å². The summed E-state index contributed by atoms with van der Waals surface area (Å²) in [5.41, 5.74) is 2.73. The molecule has 0 bridgehead atoms. The van der Waals surface area contributed by atoms with Gasteiger partial charge in [0.05, 0.1) is 23.2 Å². The van der Waals surface area contributed by atoms with Crippen LogP contribution in [-0.2, 0) is 16.6 Å². The summed E-state index contributed by atoms with van der Waals surface area (Å²) >= 11 is 6.82. The zero-order chi connectivity index (χ0) is 35.8. The van der Waals surface area contributed by atoms with Gasteiger partial charge in [0.15, 0.2) is 0 Å². The maximum absolute atomic E-state index is 15.2. The highest BCUT2D eigenvalue weighted by molar-refractivity contribution is 6.34. The molecular weight excluding hydrogens is 675 g/mol. The zero-order valence-electron chi connectivity index (χ0n) is 28.6. The second kappa shape index (κ2) is 14.3. The van der Waals surface area contributed by atoms with Crippen molar-refractivity contribution in [3.8, 4) is 16.9 Å². The number of methoxy groups -OCH3 is 1. The molecule has 13 heteroatoms. The highest BCUT2D eigenvalue weighted by Crippen LogP contribution is 2.39. The number of halogens is 2. The first-order valence-corrected chi connectivity index (χ1v) is 17.7. The summed E-state index contributed by atoms with van der Waals surface area (Å²) in [6.07, 6.45) is 9.19. The molecule has 51 heavy (non-hydrogen) atoms. The third-order valence-corrected chi connectivity index (χ3v) is 11.0. The molecule has 3 aliphatic heterocycles. The highest BCUT2D eigenvalue weighted by Gasteiger charge is 2.33. The maximum atomic E-state index is 15.2. The number of nitrogens with zero attached hydrogens (tertiary/aromatic N) is 4. The molecule has 2 N–H and O–H groups in total. The summed E-state index contributed by atoms with van der Waals surface area (Å²) in [6.45, 7) is 2.70. The van der Waals surface area contributed by atoms with Gasteiger partial charge in [0, 0.05) is 69.5 Å². The van der Waals surface area contributed by atoms with Crippen LogP contribution >= 0.6 is 11.6 Å². The van der Waals surface area contributed by atoms with Gasteiger partial charge in [-0.1, -0.05) is 11.6 Å². The van der Waals surface area contributed by atoms with Gasteiger partial charge in [0.2, 0.25) is 11.8 Å². The highest BCUT2D eigenvalue weighted by atomic mass is 35.5. The first-order chi connectivity index (χ1) is 24.6. The van der Waals surface area contributed by atoms with Crippen molar-refractivity contribution in [1.29, 1.82) is 0 Å². The predicted octanol–water partition coefficient (Wildman–Crippen LogP) is 5.39. The lowest BCUT2D eigenvalue weighted by atomic mass is 9.78. The molecule has 2 aromatic carbocycles. The number of amides is 3. The van der Waals surface area contributed by atoms with E-state index in [0.29, 0.717) is 59.4 Å². The Hall–Kier alpha value is -4.97. The molecule has 0 aliphatic carbocycles. The van der Waals surface area contributed by atoms with Crippen molar-refractivity contribution in [2.24, 2.45) is 18.9 Å². The van der Waals surface area contributed by atoms with Crippen LogP contribution in [-0.4, -0.2) is 71.5 Å². The van der Waals surface area contributed by atoms with Gasteiger partial charge in [-0.25, -0.2) is 4.39 Å². The molecule has 4 aromatic rings. The molecule has 11 nitrogen and oxygen atoms in total. The Morgan fingerprint density at radius 1 is 0.980 bits per heavy atom. The number of aromatic nitrogens is 2. The number of carbonyl (C=O) groups is 3. The minimum absolute atomic E-state index is 0.151. The van der Waals surface area contributed by atoms with E-state index in [0.717, 1.165) is 55.3 Å². The molecule has 0 radical (unpaired) electrons. The van der Waals surface area contributed by atoms with E-state index < -0.39 is 11.9 Å². The molecule has 3 fully saturated rings. The third-order valence-electron chi connectivity index (χ3n) is 10.7. The maximum Gasteiger partial charge on any atom is 0.259 e. The molecule has 5 heterocycles. The van der Waals surface area contributed by atoms with Crippen LogP contribution in [0.3, 0.4) is 0 Å². The molecule has 1 unspecified atom stereocenters. The summed E-state index contributed by atoms with van der Waals surface area (Å²) in [5.74, 6) is 0.129. The number of hydrogen-bond acceptors (Lipinski definition) is 8. The van der Waals surface area contributed by atoms with Crippen molar-refractivity contribution >= 4 is 51.5 Å². The number of nitrogens with one attached hydrogen (secondary N) is 2. The van der Waals surface area contributed by atoms with E-state index in [2.05, 4.69) is 20.5 Å². The van der Waals surface area contributed by atoms with Crippen molar-refractivity contribution in [2.75, 3.05) is 43.5 Å². The standard InChI is InChI=1S/C38H40ClFN6O5/c1-44-21-28(26-7-12-41-20-27(26)37(44)49)24-17-29(39)35(33(18-24)51-2)38(50)46-15-10-23(11-16-46)22-8-13-45(14-9-22)32-5-3-25(19-30(32)40)42-31-4-6-34(47)43-36(31)48/h3,5,7,12,17-23,31,42H,4,6,8-11,13-16H2,1-2H3,(H,43,47,48). The number of benzene rings is 2. The zero-order valence-corrected chi connectivity index (χ0v) is 29.3. The minimum Gasteiger partial charge on any atom is -0.496 e. The first kappa shape index (κ1) is 34.5. The van der Waals surface area contributed by atoms with Gasteiger partial charge < -0.3 is 24.4 Å². The monoisotopic (exact) mass is 714 g/mol. The number of aryl methyl sites for hydroxylation is 1. The van der Waals surface area contributed by atoms with E-state index in [1.165, 1.54) is 17.7 Å². The number of hydrogen-bond donors (Lipinski definition) is 2. The number of rotatable bonds is 7. The normalized spacial score (nSPS) is 18.9. The van der Waals surface area contributed by atoms with E-state index in [-0.39, 0.29) is 34.6 Å². The lowest BCUT2D eigenvalue weighted by molar-refractivity contribution is -0.133. The molecule has 7 rings (SSSR count). The number of ether oxygens (including phenoxy) is 1. The van der Waals surface area contributed by atoms with Crippen molar-refractivity contribution in [3.63, 3.8) is 0 Å². The fourth-order valence-electron chi connectivity index (χ4n) is 7.88. The van der Waals surface area contributed by atoms with Gasteiger partial charge in [-0.2, -0.15) is 0 Å². The number of pyridine rings is 2. The van der Waals surface area contributed by atoms with E-state index in [1.807, 2.05) is 4.90 Å². The molecule has 2 aromatic heterocycles. The van der Waals surface area contributed by atoms with E-state index in [4.69, 9.17) is 16.3 Å². The van der Waals surface area contributed by atoms with E-state index in [1.54, 1.807) is 56.0 Å². The SMILES string of the molecule is COc1cc(-c2cn(C)c(=O)c3cnccc23)cc(Cl)c1C(=O)N1CCC(C2CCN(c3ccc(NC4CCC(=O)NC4=O)cc3F)CC2)CC1. The molecule has 0 spiro atoms. The van der Waals surface area contributed by atoms with Gasteiger partial charge in [0.25, 0.3) is 11.5 Å². The number of likely N-dealkylation sites (tertiary alicyclic amines) is 1. The van der Waals surface area contributed by atoms with Crippen LogP contribution < -0.4 is 25.8 Å². The summed E-state index contributed by atoms with van der Waals surface area (Å²) in [4.78, 5) is 58.1. The van der Waals surface area contributed by atoms with Crippen LogP contribution in [0, 0.1) is 17.7 Å². The Bertz CT molecular complexity index is 2070. The Morgan fingerprint density at radius 2 is 1.71 bits per heavy atom. The van der Waals surface area contributed by atoms with Crippen LogP contribution in [0.4, 0.5) is 15.8 Å². The average molecular weight is 715 g/mol. The largest absolute Gasteiger partial charge is 0.496 e. The molecule has 3 amide bonds. The van der Waals surface area contributed by atoms with Gasteiger partial charge in [-0.15, -0.1) is 0 Å². The number of carbonyl (C=O) groups excluding carboxylic acids is 3. The summed E-state index contributed by atoms with van der Waals surface area (Å²) in [7, 11) is 3.21. The van der Waals surface area contributed by atoms with Crippen LogP contribution in [0.15, 0.2) is 59.8 Å². The number of anilines is 2. The lowest BCUT2D eigenvalue weighted by Gasteiger charge is -2.41. The molecule has 1 atom stereocenters. The second-order valence-electron chi connectivity index (χ2n) is 13.7. The van der Waals surface area contributed by atoms with Gasteiger partial charge >= 0.3 is 0 Å². The third kappa shape index (κ3) is 6.89. The minimum atomic E-state index is -0.567. The van der Waals surface area contributed by atoms with Crippen molar-refractivity contribution < 1.29 is 23.5 Å². The molecule has 266 valence electrons. The van der Waals surface area contributed by atoms with Crippen LogP contribution in [0.1, 0.15) is 48.9 Å². The van der Waals surface area contributed by atoms with Crippen molar-refractivity contribution in [3.05, 3.63) is 81.7 Å². The molecule has 3 aliphatic rings. The Balaban J connectivity index is 0.964. The van der Waals surface area contributed by atoms with Crippen molar-refractivity contribution in [1.82, 2.24) is 19.8 Å². The smallest absolute Gasteiger partial charge is 0.259 e. The first-order valence-electron chi connectivity index (χ1n) is 17.4. The molecule has 3 saturated heterocycles. The molecular formula is C38H40ClFN6O5. The second-order valence-corrected chi connectivity index (χ2v) is 14.1. The van der Waals surface area contributed by atoms with Gasteiger partial charge in [-0.05, 0) is 91.3 Å². The van der Waals surface area contributed by atoms with E-state index in [9.17, 15) is 19.2 Å². The van der Waals surface area contributed by atoms with E-state index >= 15 is 4.39 Å². The van der Waals surface area contributed by atoms with Crippen LogP contribution in [0.2, 0.25) is 5.02 Å². The fraction of sp³-hybridized carbons (Fsp3) is 0.395. The summed E-state index contributed by atoms with van der Waals surface area (Å²) < 4.78 is 22.5. The Kier molecular flexibility index (Phi) is 9.69. The number of piperidine rings is 3. The Morgan fingerprint density at radius 3 is 2.39 bits per heavy atom. The average Bonchev–Trinajstić information content (AvgIpc) is 3.14. The van der Waals surface area contributed by atoms with Crippen LogP contribution in [0.5, 0.6) is 5.75 Å². The summed E-state index contributed by atoms with van der Waals surface area (Å²) in [5, 5.41) is 6.87. The van der Waals surface area contributed by atoms with Gasteiger partial charge in [0.1, 0.15) is 23.2 Å². The Labute approximate surface area is 299 Å².